The Morgan fingerprint density at radius 1 is 0.870 bits per heavy atom. The predicted molar refractivity (Wildman–Crippen MR) is 87.6 cm³/mol. The summed E-state index contributed by atoms with van der Waals surface area (Å²) in [7, 11) is 4.48. The smallest absolute Gasteiger partial charge is 0.296 e. The lowest BCUT2D eigenvalue weighted by Crippen LogP contribution is -2.09. The average Bonchev–Trinajstić information content (AvgIpc) is 2.61. The minimum Gasteiger partial charge on any atom is -0.493 e. The van der Waals surface area contributed by atoms with Crippen molar-refractivity contribution >= 4 is 11.0 Å². The maximum absolute atomic E-state index is 13.1. The first-order chi connectivity index (χ1) is 11.2. The maximum Gasteiger partial charge on any atom is 0.296 e. The molecule has 2 aromatic carbocycles. The van der Waals surface area contributed by atoms with Gasteiger partial charge >= 0.3 is 0 Å². The first-order valence-corrected chi connectivity index (χ1v) is 7.02. The van der Waals surface area contributed by atoms with Crippen molar-refractivity contribution in [1.29, 1.82) is 0 Å². The van der Waals surface area contributed by atoms with Crippen LogP contribution in [0.1, 0.15) is 0 Å². The molecule has 1 aromatic heterocycles. The summed E-state index contributed by atoms with van der Waals surface area (Å²) in [6.45, 7) is 0. The summed E-state index contributed by atoms with van der Waals surface area (Å²) in [4.78, 5) is 13.1. The Morgan fingerprint density at radius 3 is 2.22 bits per heavy atom. The van der Waals surface area contributed by atoms with Crippen molar-refractivity contribution in [1.82, 2.24) is 0 Å². The molecule has 5 nitrogen and oxygen atoms in total. The molecule has 23 heavy (non-hydrogen) atoms. The van der Waals surface area contributed by atoms with Crippen LogP contribution in [0.15, 0.2) is 51.7 Å². The number of benzene rings is 2. The number of hydrogen-bond acceptors (Lipinski definition) is 5. The Bertz CT molecular complexity index is 897. The minimum atomic E-state index is -0.231. The van der Waals surface area contributed by atoms with Gasteiger partial charge < -0.3 is 18.6 Å². The molecule has 0 unspecified atom stereocenters. The number of ether oxygens (including phenoxy) is 3. The van der Waals surface area contributed by atoms with Gasteiger partial charge in [0, 0.05) is 0 Å². The molecule has 1 heterocycles. The zero-order chi connectivity index (χ0) is 16.4. The Hall–Kier alpha value is -2.95. The van der Waals surface area contributed by atoms with Crippen LogP contribution in [0, 0.1) is 0 Å². The van der Waals surface area contributed by atoms with Crippen molar-refractivity contribution in [3.63, 3.8) is 0 Å². The van der Waals surface area contributed by atoms with Gasteiger partial charge in [-0.05, 0) is 17.7 Å². The zero-order valence-corrected chi connectivity index (χ0v) is 13.1. The molecule has 0 radical (unpaired) electrons. The van der Waals surface area contributed by atoms with E-state index < -0.39 is 0 Å². The Labute approximate surface area is 133 Å². The van der Waals surface area contributed by atoms with Crippen LogP contribution in [-0.2, 0) is 0 Å². The van der Waals surface area contributed by atoms with E-state index in [0.717, 1.165) is 0 Å². The molecule has 0 bridgehead atoms. The number of methoxy groups -OCH3 is 3. The van der Waals surface area contributed by atoms with E-state index >= 15 is 0 Å². The molecule has 0 fully saturated rings. The molecule has 0 amide bonds. The summed E-state index contributed by atoms with van der Waals surface area (Å²) in [6, 6.07) is 12.6. The molecule has 0 saturated carbocycles. The van der Waals surface area contributed by atoms with Crippen LogP contribution < -0.4 is 19.6 Å². The quantitative estimate of drug-likeness (QED) is 0.738. The van der Waals surface area contributed by atoms with Crippen LogP contribution in [-0.4, -0.2) is 21.3 Å². The lowest BCUT2D eigenvalue weighted by atomic mass is 10.0. The summed E-state index contributed by atoms with van der Waals surface area (Å²) in [5, 5.41) is 0.325. The van der Waals surface area contributed by atoms with Crippen molar-refractivity contribution < 1.29 is 18.6 Å². The number of hydrogen-bond donors (Lipinski definition) is 0. The molecule has 5 heteroatoms. The zero-order valence-electron chi connectivity index (χ0n) is 13.1. The van der Waals surface area contributed by atoms with E-state index in [1.807, 2.05) is 30.3 Å². The largest absolute Gasteiger partial charge is 0.493 e. The second-order valence-electron chi connectivity index (χ2n) is 4.84. The molecule has 0 N–H and O–H groups in total. The SMILES string of the molecule is COc1ccc2oc(OC)c(-c3ccccc3)c(=O)c2c1OC. The third kappa shape index (κ3) is 2.40. The Balaban J connectivity index is 2.45. The van der Waals surface area contributed by atoms with Gasteiger partial charge in [0.2, 0.25) is 5.43 Å². The van der Waals surface area contributed by atoms with Gasteiger partial charge in [0.15, 0.2) is 11.5 Å². The summed E-state index contributed by atoms with van der Waals surface area (Å²) in [5.74, 6) is 0.982. The fraction of sp³-hybridized carbons (Fsp3) is 0.167. The standard InChI is InChI=1S/C18H16O5/c1-20-13-10-9-12-15(17(13)21-2)16(19)14(18(22-3)23-12)11-7-5-4-6-8-11/h4-10H,1-3H3. The number of fused-ring (bicyclic) bond motifs is 1. The van der Waals surface area contributed by atoms with E-state index in [9.17, 15) is 4.79 Å². The van der Waals surface area contributed by atoms with E-state index in [-0.39, 0.29) is 11.4 Å². The molecule has 118 valence electrons. The molecule has 0 aliphatic carbocycles. The Morgan fingerprint density at radius 2 is 1.61 bits per heavy atom. The van der Waals surface area contributed by atoms with E-state index in [4.69, 9.17) is 18.6 Å². The topological polar surface area (TPSA) is 57.9 Å². The molecule has 3 aromatic rings. The summed E-state index contributed by atoms with van der Waals surface area (Å²) >= 11 is 0. The van der Waals surface area contributed by atoms with Crippen LogP contribution in [0.4, 0.5) is 0 Å². The average molecular weight is 312 g/mol. The highest BCUT2D eigenvalue weighted by atomic mass is 16.6. The van der Waals surface area contributed by atoms with E-state index in [2.05, 4.69) is 0 Å². The van der Waals surface area contributed by atoms with Crippen molar-refractivity contribution in [2.45, 2.75) is 0 Å². The van der Waals surface area contributed by atoms with E-state index in [1.165, 1.54) is 21.3 Å². The molecule has 0 aliphatic rings. The van der Waals surface area contributed by atoms with Crippen molar-refractivity contribution in [3.8, 4) is 28.6 Å². The number of rotatable bonds is 4. The maximum atomic E-state index is 13.1. The third-order valence-electron chi connectivity index (χ3n) is 3.62. The van der Waals surface area contributed by atoms with E-state index in [0.29, 0.717) is 33.6 Å². The van der Waals surface area contributed by atoms with Crippen molar-refractivity contribution in [2.24, 2.45) is 0 Å². The van der Waals surface area contributed by atoms with Crippen LogP contribution in [0.5, 0.6) is 17.4 Å². The lowest BCUT2D eigenvalue weighted by Gasteiger charge is -2.13. The third-order valence-corrected chi connectivity index (χ3v) is 3.62. The highest BCUT2D eigenvalue weighted by molar-refractivity contribution is 5.90. The van der Waals surface area contributed by atoms with Gasteiger partial charge in [0.05, 0.1) is 21.3 Å². The molecular weight excluding hydrogens is 296 g/mol. The van der Waals surface area contributed by atoms with Crippen LogP contribution >= 0.6 is 0 Å². The second-order valence-corrected chi connectivity index (χ2v) is 4.84. The van der Waals surface area contributed by atoms with Crippen LogP contribution in [0.2, 0.25) is 0 Å². The molecule has 0 spiro atoms. The lowest BCUT2D eigenvalue weighted by molar-refractivity contribution is 0.311. The van der Waals surface area contributed by atoms with Gasteiger partial charge in [0.1, 0.15) is 16.5 Å². The van der Waals surface area contributed by atoms with Crippen LogP contribution in [0.3, 0.4) is 0 Å². The van der Waals surface area contributed by atoms with Crippen molar-refractivity contribution in [2.75, 3.05) is 21.3 Å². The molecule has 0 aliphatic heterocycles. The molecule has 0 saturated heterocycles. The van der Waals surface area contributed by atoms with Gasteiger partial charge in [-0.1, -0.05) is 30.3 Å². The first kappa shape index (κ1) is 15.0. The normalized spacial score (nSPS) is 10.6. The highest BCUT2D eigenvalue weighted by Crippen LogP contribution is 2.37. The monoisotopic (exact) mass is 312 g/mol. The van der Waals surface area contributed by atoms with Gasteiger partial charge in [-0.2, -0.15) is 0 Å². The summed E-state index contributed by atoms with van der Waals surface area (Å²) in [6.07, 6.45) is 0. The van der Waals surface area contributed by atoms with Gasteiger partial charge in [-0.3, -0.25) is 4.79 Å². The molecular formula is C18H16O5. The highest BCUT2D eigenvalue weighted by Gasteiger charge is 2.21. The molecule has 3 rings (SSSR count). The fourth-order valence-corrected chi connectivity index (χ4v) is 2.58. The molecule has 0 atom stereocenters. The van der Waals surface area contributed by atoms with Gasteiger partial charge in [-0.25, -0.2) is 0 Å². The Kier molecular flexibility index (Phi) is 3.93. The summed E-state index contributed by atoms with van der Waals surface area (Å²) in [5.41, 5.74) is 1.21. The fourth-order valence-electron chi connectivity index (χ4n) is 2.58. The van der Waals surface area contributed by atoms with Crippen LogP contribution in [0.25, 0.3) is 22.1 Å². The first-order valence-electron chi connectivity index (χ1n) is 7.02. The predicted octanol–water partition coefficient (Wildman–Crippen LogP) is 3.49. The van der Waals surface area contributed by atoms with E-state index in [1.54, 1.807) is 12.1 Å². The van der Waals surface area contributed by atoms with Gasteiger partial charge in [0.25, 0.3) is 5.95 Å². The summed E-state index contributed by atoms with van der Waals surface area (Å²) < 4.78 is 21.7. The second kappa shape index (κ2) is 6.04. The van der Waals surface area contributed by atoms with Crippen molar-refractivity contribution in [3.05, 3.63) is 52.7 Å². The van der Waals surface area contributed by atoms with Gasteiger partial charge in [-0.15, -0.1) is 0 Å². The minimum absolute atomic E-state index is 0.168.